The Kier molecular flexibility index (Phi) is 4.51. The van der Waals surface area contributed by atoms with Crippen molar-refractivity contribution in [1.29, 1.82) is 0 Å². The molecule has 2 aliphatic rings. The molecule has 5 nitrogen and oxygen atoms in total. The van der Waals surface area contributed by atoms with Gasteiger partial charge >= 0.3 is 6.09 Å². The van der Waals surface area contributed by atoms with Gasteiger partial charge in [-0.15, -0.1) is 0 Å². The largest absolute Gasteiger partial charge is 0.439 e. The number of carbonyl (C=O) groups is 1. The normalized spacial score (nSPS) is 20.7. The number of anilines is 2. The third kappa shape index (κ3) is 3.30. The van der Waals surface area contributed by atoms with Gasteiger partial charge in [0.05, 0.1) is 6.54 Å². The van der Waals surface area contributed by atoms with Gasteiger partial charge in [0, 0.05) is 48.1 Å². The molecule has 1 unspecified atom stereocenters. The first-order valence-corrected chi connectivity index (χ1v) is 8.88. The maximum Gasteiger partial charge on any atom is 0.415 e. The highest BCUT2D eigenvalue weighted by Gasteiger charge is 2.34. The first-order valence-electron chi connectivity index (χ1n) is 8.51. The summed E-state index contributed by atoms with van der Waals surface area (Å²) in [5, 5.41) is 3.97. The van der Waals surface area contributed by atoms with Crippen molar-refractivity contribution in [3.05, 3.63) is 59.1 Å². The van der Waals surface area contributed by atoms with E-state index in [1.807, 2.05) is 36.4 Å². The van der Waals surface area contributed by atoms with Gasteiger partial charge in [-0.25, -0.2) is 4.79 Å². The number of hydrogen-bond donors (Lipinski definition) is 1. The third-order valence-electron chi connectivity index (χ3n) is 4.69. The molecule has 0 aromatic heterocycles. The molecule has 1 amide bonds. The predicted molar refractivity (Wildman–Crippen MR) is 99.5 cm³/mol. The predicted octanol–water partition coefficient (Wildman–Crippen LogP) is 3.45. The highest BCUT2D eigenvalue weighted by atomic mass is 35.5. The van der Waals surface area contributed by atoms with E-state index in [0.717, 1.165) is 43.1 Å². The molecule has 0 spiro atoms. The van der Waals surface area contributed by atoms with E-state index in [0.29, 0.717) is 11.6 Å². The molecule has 130 valence electrons. The molecule has 2 fully saturated rings. The fourth-order valence-electron chi connectivity index (χ4n) is 3.35. The van der Waals surface area contributed by atoms with E-state index in [2.05, 4.69) is 22.3 Å². The van der Waals surface area contributed by atoms with Crippen LogP contribution in [-0.4, -0.2) is 38.8 Å². The van der Waals surface area contributed by atoms with Crippen molar-refractivity contribution in [3.8, 4) is 0 Å². The minimum absolute atomic E-state index is 0.331. The van der Waals surface area contributed by atoms with Crippen LogP contribution >= 0.6 is 11.6 Å². The highest BCUT2D eigenvalue weighted by molar-refractivity contribution is 6.31. The lowest BCUT2D eigenvalue weighted by atomic mass is 10.1. The van der Waals surface area contributed by atoms with Crippen LogP contribution in [0.4, 0.5) is 16.2 Å². The molecule has 0 radical (unpaired) electrons. The molecular formula is C19H20ClN3O2. The summed E-state index contributed by atoms with van der Waals surface area (Å²) in [6.07, 6.45) is -0.675. The fraction of sp³-hybridized carbons (Fsp3) is 0.316. The van der Waals surface area contributed by atoms with E-state index < -0.39 is 0 Å². The molecule has 0 saturated carbocycles. The maximum atomic E-state index is 12.4. The summed E-state index contributed by atoms with van der Waals surface area (Å²) in [5.41, 5.74) is 2.84. The van der Waals surface area contributed by atoms with Crippen LogP contribution in [0.25, 0.3) is 0 Å². The van der Waals surface area contributed by atoms with E-state index in [4.69, 9.17) is 16.3 Å². The van der Waals surface area contributed by atoms with Gasteiger partial charge in [0.1, 0.15) is 6.10 Å². The standard InChI is InChI=1S/C19H20ClN3O2/c20-17-7-2-1-6-16(17)18-13-23(19(24)25-18)15-5-3-4-14(12-15)22-10-8-21-9-11-22/h1-7,12,18,21H,8-11,13H2. The number of nitrogens with zero attached hydrogens (tertiary/aromatic N) is 2. The minimum Gasteiger partial charge on any atom is -0.439 e. The SMILES string of the molecule is O=C1OC(c2ccccc2Cl)CN1c1cccc(N2CCNCC2)c1. The Morgan fingerprint density at radius 2 is 1.80 bits per heavy atom. The van der Waals surface area contributed by atoms with Crippen molar-refractivity contribution >= 4 is 29.1 Å². The molecular weight excluding hydrogens is 338 g/mol. The van der Waals surface area contributed by atoms with Crippen LogP contribution in [-0.2, 0) is 4.74 Å². The van der Waals surface area contributed by atoms with E-state index >= 15 is 0 Å². The number of hydrogen-bond acceptors (Lipinski definition) is 4. The Morgan fingerprint density at radius 1 is 1.04 bits per heavy atom. The van der Waals surface area contributed by atoms with Crippen molar-refractivity contribution in [2.75, 3.05) is 42.5 Å². The Balaban J connectivity index is 1.56. The number of benzene rings is 2. The summed E-state index contributed by atoms with van der Waals surface area (Å²) in [7, 11) is 0. The quantitative estimate of drug-likeness (QED) is 0.913. The second-order valence-corrected chi connectivity index (χ2v) is 6.67. The summed E-state index contributed by atoms with van der Waals surface area (Å²) in [6.45, 7) is 4.36. The van der Waals surface area contributed by atoms with Gasteiger partial charge in [-0.2, -0.15) is 0 Å². The lowest BCUT2D eigenvalue weighted by Crippen LogP contribution is -2.43. The lowest BCUT2D eigenvalue weighted by Gasteiger charge is -2.30. The van der Waals surface area contributed by atoms with Crippen molar-refractivity contribution < 1.29 is 9.53 Å². The molecule has 2 aromatic carbocycles. The molecule has 1 N–H and O–H groups in total. The zero-order valence-corrected chi connectivity index (χ0v) is 14.6. The number of nitrogens with one attached hydrogen (secondary N) is 1. The number of rotatable bonds is 3. The van der Waals surface area contributed by atoms with Crippen molar-refractivity contribution in [2.45, 2.75) is 6.10 Å². The second-order valence-electron chi connectivity index (χ2n) is 6.26. The average molecular weight is 358 g/mol. The summed E-state index contributed by atoms with van der Waals surface area (Å²) in [4.78, 5) is 16.4. The smallest absolute Gasteiger partial charge is 0.415 e. The molecule has 0 bridgehead atoms. The van der Waals surface area contributed by atoms with Crippen LogP contribution in [0.15, 0.2) is 48.5 Å². The van der Waals surface area contributed by atoms with Gasteiger partial charge in [0.2, 0.25) is 0 Å². The summed E-state index contributed by atoms with van der Waals surface area (Å²) < 4.78 is 5.56. The van der Waals surface area contributed by atoms with Crippen molar-refractivity contribution in [2.24, 2.45) is 0 Å². The molecule has 2 saturated heterocycles. The molecule has 2 aliphatic heterocycles. The number of piperazine rings is 1. The average Bonchev–Trinajstić information content (AvgIpc) is 3.04. The van der Waals surface area contributed by atoms with Crippen molar-refractivity contribution in [1.82, 2.24) is 5.32 Å². The Labute approximate surface area is 152 Å². The first-order chi connectivity index (χ1) is 12.2. The Morgan fingerprint density at radius 3 is 2.60 bits per heavy atom. The zero-order valence-electron chi connectivity index (χ0n) is 13.8. The van der Waals surface area contributed by atoms with Crippen LogP contribution in [0, 0.1) is 0 Å². The first kappa shape index (κ1) is 16.2. The van der Waals surface area contributed by atoms with E-state index in [1.165, 1.54) is 0 Å². The van der Waals surface area contributed by atoms with Gasteiger partial charge in [-0.3, -0.25) is 4.90 Å². The summed E-state index contributed by atoms with van der Waals surface area (Å²) in [6, 6.07) is 15.6. The molecule has 25 heavy (non-hydrogen) atoms. The van der Waals surface area contributed by atoms with Gasteiger partial charge in [0.25, 0.3) is 0 Å². The number of amides is 1. The molecule has 2 aromatic rings. The minimum atomic E-state index is -0.343. The van der Waals surface area contributed by atoms with E-state index in [9.17, 15) is 4.79 Å². The molecule has 1 atom stereocenters. The third-order valence-corrected chi connectivity index (χ3v) is 5.03. The maximum absolute atomic E-state index is 12.4. The lowest BCUT2D eigenvalue weighted by molar-refractivity contribution is 0.142. The number of cyclic esters (lactones) is 1. The van der Waals surface area contributed by atoms with Crippen LogP contribution in [0.3, 0.4) is 0 Å². The summed E-state index contributed by atoms with van der Waals surface area (Å²) in [5.74, 6) is 0. The van der Waals surface area contributed by atoms with Gasteiger partial charge < -0.3 is 15.0 Å². The number of halogens is 1. The van der Waals surface area contributed by atoms with Crippen LogP contribution in [0.5, 0.6) is 0 Å². The second kappa shape index (κ2) is 6.94. The molecule has 0 aliphatic carbocycles. The zero-order chi connectivity index (χ0) is 17.2. The van der Waals surface area contributed by atoms with Crippen LogP contribution < -0.4 is 15.1 Å². The number of carbonyl (C=O) groups excluding carboxylic acids is 1. The van der Waals surface area contributed by atoms with Crippen LogP contribution in [0.2, 0.25) is 5.02 Å². The molecule has 6 heteroatoms. The van der Waals surface area contributed by atoms with Gasteiger partial charge in [0.15, 0.2) is 0 Å². The van der Waals surface area contributed by atoms with E-state index in [1.54, 1.807) is 4.90 Å². The molecule has 4 rings (SSSR count). The van der Waals surface area contributed by atoms with E-state index in [-0.39, 0.29) is 12.2 Å². The monoisotopic (exact) mass is 357 g/mol. The fourth-order valence-corrected chi connectivity index (χ4v) is 3.61. The Bertz CT molecular complexity index is 777. The molecule has 2 heterocycles. The van der Waals surface area contributed by atoms with Gasteiger partial charge in [-0.05, 0) is 24.3 Å². The van der Waals surface area contributed by atoms with Gasteiger partial charge in [-0.1, -0.05) is 35.9 Å². The Hall–Kier alpha value is -2.24. The number of ether oxygens (including phenoxy) is 1. The highest BCUT2D eigenvalue weighted by Crippen LogP contribution is 2.34. The summed E-state index contributed by atoms with van der Waals surface area (Å²) >= 11 is 6.25. The topological polar surface area (TPSA) is 44.8 Å². The van der Waals surface area contributed by atoms with Crippen molar-refractivity contribution in [3.63, 3.8) is 0 Å². The van der Waals surface area contributed by atoms with Crippen LogP contribution in [0.1, 0.15) is 11.7 Å².